The summed E-state index contributed by atoms with van der Waals surface area (Å²) in [6.45, 7) is 0. The fraction of sp³-hybridized carbons (Fsp3) is 0.120. The van der Waals surface area contributed by atoms with Crippen molar-refractivity contribution in [2.24, 2.45) is 5.73 Å². The van der Waals surface area contributed by atoms with Crippen molar-refractivity contribution in [3.05, 3.63) is 96.7 Å². The van der Waals surface area contributed by atoms with E-state index in [2.05, 4.69) is 4.98 Å². The summed E-state index contributed by atoms with van der Waals surface area (Å²) in [5, 5.41) is 11.0. The van der Waals surface area contributed by atoms with Gasteiger partial charge in [-0.3, -0.25) is 4.79 Å². The average Bonchev–Trinajstić information content (AvgIpc) is 3.20. The van der Waals surface area contributed by atoms with Crippen LogP contribution in [0.25, 0.3) is 10.9 Å². The van der Waals surface area contributed by atoms with E-state index in [1.807, 2.05) is 42.6 Å². The molecule has 0 saturated carbocycles. The van der Waals surface area contributed by atoms with Crippen molar-refractivity contribution in [3.63, 3.8) is 0 Å². The molecule has 0 fully saturated rings. The number of hydrogen-bond donors (Lipinski definition) is 3. The van der Waals surface area contributed by atoms with Gasteiger partial charge in [0.1, 0.15) is 0 Å². The number of para-hydroxylation sites is 3. The minimum absolute atomic E-state index is 0.240. The smallest absolute Gasteiger partial charge is 0.334 e. The van der Waals surface area contributed by atoms with E-state index in [9.17, 15) is 14.7 Å². The molecule has 0 aliphatic rings. The average molecular weight is 413 g/mol. The SMILES string of the molecule is N[C@@H](Cc1c[nH]c2ccccc12)C(=O)C(C(=O)O)N(c1ccccc1)c1ccccc1. The number of carboxylic acid groups (broad SMARTS) is 1. The van der Waals surface area contributed by atoms with Crippen LogP contribution in [0.15, 0.2) is 91.1 Å². The number of aromatic amines is 1. The molecule has 0 aliphatic carbocycles. The van der Waals surface area contributed by atoms with Gasteiger partial charge < -0.3 is 20.7 Å². The van der Waals surface area contributed by atoms with Gasteiger partial charge in [0, 0.05) is 28.5 Å². The maximum atomic E-state index is 13.4. The molecule has 6 nitrogen and oxygen atoms in total. The summed E-state index contributed by atoms with van der Waals surface area (Å²) in [4.78, 5) is 30.4. The standard InChI is InChI=1S/C25H23N3O3/c26-21(15-17-16-27-22-14-8-7-13-20(17)22)24(29)23(25(30)31)28(18-9-3-1-4-10-18)19-11-5-2-6-12-19/h1-14,16,21,23,27H,15,26H2,(H,30,31)/t21-,23?/m0/s1. The molecule has 0 amide bonds. The van der Waals surface area contributed by atoms with Gasteiger partial charge in [0.2, 0.25) is 0 Å². The quantitative estimate of drug-likeness (QED) is 0.381. The highest BCUT2D eigenvalue weighted by Gasteiger charge is 2.37. The second kappa shape index (κ2) is 8.85. The van der Waals surface area contributed by atoms with Crippen molar-refractivity contribution in [1.29, 1.82) is 0 Å². The summed E-state index contributed by atoms with van der Waals surface area (Å²) < 4.78 is 0. The monoisotopic (exact) mass is 413 g/mol. The minimum atomic E-state index is -1.45. The largest absolute Gasteiger partial charge is 0.479 e. The highest BCUT2D eigenvalue weighted by atomic mass is 16.4. The van der Waals surface area contributed by atoms with E-state index in [1.54, 1.807) is 48.5 Å². The summed E-state index contributed by atoms with van der Waals surface area (Å²) in [7, 11) is 0. The molecule has 156 valence electrons. The maximum absolute atomic E-state index is 13.4. The van der Waals surface area contributed by atoms with Crippen LogP contribution in [-0.2, 0) is 16.0 Å². The molecule has 1 heterocycles. The van der Waals surface area contributed by atoms with Crippen molar-refractivity contribution in [1.82, 2.24) is 4.98 Å². The lowest BCUT2D eigenvalue weighted by atomic mass is 9.96. The summed E-state index contributed by atoms with van der Waals surface area (Å²) in [5.41, 5.74) is 9.32. The van der Waals surface area contributed by atoms with Crippen molar-refractivity contribution < 1.29 is 14.7 Å². The third kappa shape index (κ3) is 4.20. The van der Waals surface area contributed by atoms with Crippen molar-refractivity contribution in [3.8, 4) is 0 Å². The fourth-order valence-electron chi connectivity index (χ4n) is 3.82. The summed E-state index contributed by atoms with van der Waals surface area (Å²) in [6, 6.07) is 23.3. The first kappa shape index (κ1) is 20.4. The first-order valence-corrected chi connectivity index (χ1v) is 10.0. The number of Topliss-reactive ketones (excluding diaryl/α,β-unsaturated/α-hetero) is 1. The van der Waals surface area contributed by atoms with Crippen LogP contribution in [0.3, 0.4) is 0 Å². The van der Waals surface area contributed by atoms with Gasteiger partial charge in [-0.2, -0.15) is 0 Å². The summed E-state index contributed by atoms with van der Waals surface area (Å²) >= 11 is 0. The third-order valence-electron chi connectivity index (χ3n) is 5.31. The predicted octanol–water partition coefficient (Wildman–Crippen LogP) is 3.90. The Kier molecular flexibility index (Phi) is 5.82. The highest BCUT2D eigenvalue weighted by molar-refractivity contribution is 6.09. The number of nitrogens with two attached hydrogens (primary N) is 1. The second-order valence-corrected chi connectivity index (χ2v) is 7.35. The molecule has 4 N–H and O–H groups in total. The predicted molar refractivity (Wildman–Crippen MR) is 121 cm³/mol. The van der Waals surface area contributed by atoms with Crippen molar-refractivity contribution in [2.45, 2.75) is 18.5 Å². The van der Waals surface area contributed by atoms with Gasteiger partial charge in [-0.25, -0.2) is 4.79 Å². The number of nitrogens with zero attached hydrogens (tertiary/aromatic N) is 1. The van der Waals surface area contributed by atoms with Crippen molar-refractivity contribution >= 4 is 34.0 Å². The minimum Gasteiger partial charge on any atom is -0.479 e. The molecule has 0 saturated heterocycles. The molecule has 1 aromatic heterocycles. The number of aromatic nitrogens is 1. The number of fused-ring (bicyclic) bond motifs is 1. The molecule has 3 aromatic carbocycles. The van der Waals surface area contributed by atoms with Crippen LogP contribution < -0.4 is 10.6 Å². The van der Waals surface area contributed by atoms with Gasteiger partial charge in [0.05, 0.1) is 6.04 Å². The third-order valence-corrected chi connectivity index (χ3v) is 5.31. The molecule has 1 unspecified atom stereocenters. The lowest BCUT2D eigenvalue weighted by Crippen LogP contribution is -2.51. The Balaban J connectivity index is 1.68. The van der Waals surface area contributed by atoms with Gasteiger partial charge in [-0.05, 0) is 42.3 Å². The molecule has 0 radical (unpaired) electrons. The second-order valence-electron chi connectivity index (χ2n) is 7.35. The Bertz CT molecular complexity index is 1150. The van der Waals surface area contributed by atoms with Crippen LogP contribution in [0.4, 0.5) is 11.4 Å². The molecular formula is C25H23N3O3. The Morgan fingerprint density at radius 1 is 0.871 bits per heavy atom. The molecule has 31 heavy (non-hydrogen) atoms. The van der Waals surface area contributed by atoms with Crippen LogP contribution in [0.2, 0.25) is 0 Å². The van der Waals surface area contributed by atoms with E-state index >= 15 is 0 Å². The molecule has 2 atom stereocenters. The lowest BCUT2D eigenvalue weighted by molar-refractivity contribution is -0.142. The Hall–Kier alpha value is -3.90. The zero-order valence-corrected chi connectivity index (χ0v) is 16.8. The number of carbonyl (C=O) groups excluding carboxylic acids is 1. The van der Waals surface area contributed by atoms with E-state index in [0.29, 0.717) is 11.4 Å². The molecule has 0 aliphatic heterocycles. The van der Waals surface area contributed by atoms with E-state index < -0.39 is 23.8 Å². The number of benzene rings is 3. The lowest BCUT2D eigenvalue weighted by Gasteiger charge is -2.31. The molecule has 0 bridgehead atoms. The van der Waals surface area contributed by atoms with E-state index in [4.69, 9.17) is 5.73 Å². The number of rotatable bonds is 8. The number of hydrogen-bond acceptors (Lipinski definition) is 4. The van der Waals surface area contributed by atoms with Crippen LogP contribution in [0.5, 0.6) is 0 Å². The van der Waals surface area contributed by atoms with Gasteiger partial charge in [0.15, 0.2) is 11.8 Å². The number of carbonyl (C=O) groups is 2. The molecule has 4 aromatic rings. The molecule has 0 spiro atoms. The fourth-order valence-corrected chi connectivity index (χ4v) is 3.82. The van der Waals surface area contributed by atoms with Crippen LogP contribution >= 0.6 is 0 Å². The van der Waals surface area contributed by atoms with Crippen LogP contribution in [0.1, 0.15) is 5.56 Å². The summed E-state index contributed by atoms with van der Waals surface area (Å²) in [5.74, 6) is -1.79. The highest BCUT2D eigenvalue weighted by Crippen LogP contribution is 2.29. The maximum Gasteiger partial charge on any atom is 0.334 e. The topological polar surface area (TPSA) is 99.4 Å². The van der Waals surface area contributed by atoms with Gasteiger partial charge in [0.25, 0.3) is 0 Å². The number of ketones is 1. The zero-order chi connectivity index (χ0) is 21.8. The summed E-state index contributed by atoms with van der Waals surface area (Å²) in [6.07, 6.45) is 2.06. The Labute approximate surface area is 179 Å². The van der Waals surface area contributed by atoms with Crippen LogP contribution in [0, 0.1) is 0 Å². The number of aliphatic carboxylic acids is 1. The molecular weight excluding hydrogens is 390 g/mol. The zero-order valence-electron chi connectivity index (χ0n) is 16.8. The number of carboxylic acids is 1. The van der Waals surface area contributed by atoms with Crippen LogP contribution in [-0.4, -0.2) is 33.9 Å². The first-order valence-electron chi connectivity index (χ1n) is 10.0. The number of anilines is 2. The Morgan fingerprint density at radius 2 is 1.42 bits per heavy atom. The molecule has 6 heteroatoms. The van der Waals surface area contributed by atoms with E-state index in [1.165, 1.54) is 4.90 Å². The molecule has 4 rings (SSSR count). The van der Waals surface area contributed by atoms with Gasteiger partial charge in [-0.1, -0.05) is 54.6 Å². The van der Waals surface area contributed by atoms with Gasteiger partial charge in [-0.15, -0.1) is 0 Å². The Morgan fingerprint density at radius 3 is 2.00 bits per heavy atom. The van der Waals surface area contributed by atoms with Gasteiger partial charge >= 0.3 is 5.97 Å². The van der Waals surface area contributed by atoms with Crippen molar-refractivity contribution in [2.75, 3.05) is 4.90 Å². The van der Waals surface area contributed by atoms with E-state index in [0.717, 1.165) is 16.5 Å². The normalized spacial score (nSPS) is 12.9. The number of nitrogens with one attached hydrogen (secondary N) is 1. The first-order chi connectivity index (χ1) is 15.1. The number of H-pyrrole nitrogens is 1. The van der Waals surface area contributed by atoms with E-state index in [-0.39, 0.29) is 6.42 Å².